The number of aromatic nitrogens is 1. The van der Waals surface area contributed by atoms with Crippen LogP contribution in [0, 0.1) is 6.92 Å². The fourth-order valence-electron chi connectivity index (χ4n) is 2.02. The third-order valence-electron chi connectivity index (χ3n) is 3.09. The summed E-state index contributed by atoms with van der Waals surface area (Å²) in [4.78, 5) is 4.16. The topological polar surface area (TPSA) is 57.4 Å². The van der Waals surface area contributed by atoms with E-state index in [4.69, 9.17) is 15.2 Å². The molecule has 4 heteroatoms. The van der Waals surface area contributed by atoms with Crippen LogP contribution in [0.1, 0.15) is 29.7 Å². The summed E-state index contributed by atoms with van der Waals surface area (Å²) in [6.45, 7) is 4.38. The molecule has 106 valence electrons. The molecule has 0 radical (unpaired) electrons. The molecule has 0 aliphatic rings. The predicted molar refractivity (Wildman–Crippen MR) is 78.9 cm³/mol. The average Bonchev–Trinajstić information content (AvgIpc) is 2.45. The van der Waals surface area contributed by atoms with Crippen molar-refractivity contribution in [1.82, 2.24) is 4.98 Å². The van der Waals surface area contributed by atoms with Crippen LogP contribution >= 0.6 is 0 Å². The Morgan fingerprint density at radius 2 is 2.10 bits per heavy atom. The second-order valence-electron chi connectivity index (χ2n) is 4.79. The van der Waals surface area contributed by atoms with Gasteiger partial charge in [-0.15, -0.1) is 0 Å². The summed E-state index contributed by atoms with van der Waals surface area (Å²) >= 11 is 0. The largest absolute Gasteiger partial charge is 0.488 e. The Morgan fingerprint density at radius 3 is 2.80 bits per heavy atom. The van der Waals surface area contributed by atoms with Gasteiger partial charge in [0.15, 0.2) is 0 Å². The van der Waals surface area contributed by atoms with Crippen LogP contribution in [-0.2, 0) is 6.61 Å². The van der Waals surface area contributed by atoms with Gasteiger partial charge in [0.1, 0.15) is 12.4 Å². The van der Waals surface area contributed by atoms with Gasteiger partial charge < -0.3 is 15.2 Å². The van der Waals surface area contributed by atoms with Gasteiger partial charge in [0, 0.05) is 17.8 Å². The molecule has 1 unspecified atom stereocenters. The maximum absolute atomic E-state index is 5.97. The normalized spacial score (nSPS) is 12.0. The molecule has 2 rings (SSSR count). The zero-order valence-corrected chi connectivity index (χ0v) is 12.1. The molecule has 1 atom stereocenters. The molecule has 2 N–H and O–H groups in total. The smallest absolute Gasteiger partial charge is 0.219 e. The number of pyridine rings is 1. The van der Waals surface area contributed by atoms with E-state index >= 15 is 0 Å². The number of nitrogens with two attached hydrogens (primary N) is 1. The van der Waals surface area contributed by atoms with Crippen LogP contribution in [0.2, 0.25) is 0 Å². The monoisotopic (exact) mass is 272 g/mol. The molecule has 0 spiro atoms. The number of hydrogen-bond donors (Lipinski definition) is 1. The van der Waals surface area contributed by atoms with Gasteiger partial charge >= 0.3 is 0 Å². The lowest BCUT2D eigenvalue weighted by Crippen LogP contribution is -2.08. The average molecular weight is 272 g/mol. The van der Waals surface area contributed by atoms with Gasteiger partial charge in [-0.25, -0.2) is 4.98 Å². The van der Waals surface area contributed by atoms with E-state index in [1.54, 1.807) is 13.3 Å². The van der Waals surface area contributed by atoms with E-state index in [1.165, 1.54) is 0 Å². The maximum Gasteiger partial charge on any atom is 0.219 e. The number of aryl methyl sites for hydroxylation is 1. The summed E-state index contributed by atoms with van der Waals surface area (Å²) in [5.74, 6) is 1.40. The molecule has 1 heterocycles. The molecule has 1 aromatic heterocycles. The Labute approximate surface area is 119 Å². The van der Waals surface area contributed by atoms with Crippen molar-refractivity contribution >= 4 is 0 Å². The molecule has 0 saturated carbocycles. The highest BCUT2D eigenvalue weighted by Gasteiger charge is 2.10. The third-order valence-corrected chi connectivity index (χ3v) is 3.09. The van der Waals surface area contributed by atoms with Gasteiger partial charge in [0.2, 0.25) is 5.88 Å². The third kappa shape index (κ3) is 3.27. The number of ether oxygens (including phenoxy) is 2. The van der Waals surface area contributed by atoms with Crippen molar-refractivity contribution in [2.45, 2.75) is 26.5 Å². The molecule has 4 nitrogen and oxygen atoms in total. The van der Waals surface area contributed by atoms with E-state index in [0.717, 1.165) is 22.4 Å². The van der Waals surface area contributed by atoms with Crippen molar-refractivity contribution in [3.63, 3.8) is 0 Å². The van der Waals surface area contributed by atoms with Gasteiger partial charge in [-0.2, -0.15) is 0 Å². The lowest BCUT2D eigenvalue weighted by molar-refractivity contribution is 0.290. The van der Waals surface area contributed by atoms with Gasteiger partial charge in [-0.1, -0.05) is 12.1 Å². The second kappa shape index (κ2) is 6.39. The Kier molecular flexibility index (Phi) is 4.58. The fraction of sp³-hybridized carbons (Fsp3) is 0.312. The molecule has 20 heavy (non-hydrogen) atoms. The van der Waals surface area contributed by atoms with Gasteiger partial charge in [0.25, 0.3) is 0 Å². The maximum atomic E-state index is 5.97. The van der Waals surface area contributed by atoms with Gasteiger partial charge in [-0.05, 0) is 37.6 Å². The van der Waals surface area contributed by atoms with Crippen molar-refractivity contribution in [3.8, 4) is 11.6 Å². The van der Waals surface area contributed by atoms with Crippen molar-refractivity contribution in [2.24, 2.45) is 5.73 Å². The summed E-state index contributed by atoms with van der Waals surface area (Å²) in [7, 11) is 1.60. The SMILES string of the molecule is COc1ncccc1COc1cc(C)ccc1C(C)N. The van der Waals surface area contributed by atoms with Crippen LogP contribution in [0.5, 0.6) is 11.6 Å². The number of benzene rings is 1. The zero-order chi connectivity index (χ0) is 14.5. The molecule has 0 saturated heterocycles. The molecule has 1 aromatic carbocycles. The first kappa shape index (κ1) is 14.3. The molecular weight excluding hydrogens is 252 g/mol. The molecule has 0 aliphatic heterocycles. The lowest BCUT2D eigenvalue weighted by atomic mass is 10.1. The van der Waals surface area contributed by atoms with Crippen molar-refractivity contribution in [1.29, 1.82) is 0 Å². The van der Waals surface area contributed by atoms with Crippen molar-refractivity contribution in [3.05, 3.63) is 53.2 Å². The first-order chi connectivity index (χ1) is 9.61. The van der Waals surface area contributed by atoms with Crippen LogP contribution in [-0.4, -0.2) is 12.1 Å². The predicted octanol–water partition coefficient (Wildman–Crippen LogP) is 3.00. The minimum absolute atomic E-state index is 0.0682. The quantitative estimate of drug-likeness (QED) is 0.909. The Hall–Kier alpha value is -2.07. The van der Waals surface area contributed by atoms with Crippen LogP contribution in [0.3, 0.4) is 0 Å². The summed E-state index contributed by atoms with van der Waals surface area (Å²) in [6, 6.07) is 9.78. The first-order valence-electron chi connectivity index (χ1n) is 6.58. The molecule has 0 amide bonds. The molecule has 0 fully saturated rings. The standard InChI is InChI=1S/C16H20N2O2/c1-11-6-7-14(12(2)17)15(9-11)20-10-13-5-4-8-18-16(13)19-3/h4-9,12H,10,17H2,1-3H3. The lowest BCUT2D eigenvalue weighted by Gasteiger charge is -2.15. The number of nitrogens with zero attached hydrogens (tertiary/aromatic N) is 1. The number of rotatable bonds is 5. The number of hydrogen-bond acceptors (Lipinski definition) is 4. The van der Waals surface area contributed by atoms with E-state index in [9.17, 15) is 0 Å². The van der Waals surface area contributed by atoms with Crippen LogP contribution in [0.4, 0.5) is 0 Å². The molecule has 0 aliphatic carbocycles. The first-order valence-corrected chi connectivity index (χ1v) is 6.58. The van der Waals surface area contributed by atoms with E-state index in [1.807, 2.05) is 44.2 Å². The minimum atomic E-state index is -0.0682. The molecule has 2 aromatic rings. The Morgan fingerprint density at radius 1 is 1.30 bits per heavy atom. The summed E-state index contributed by atoms with van der Waals surface area (Å²) in [6.07, 6.45) is 1.70. The number of methoxy groups -OCH3 is 1. The Balaban J connectivity index is 2.20. The van der Waals surface area contributed by atoms with Crippen LogP contribution in [0.15, 0.2) is 36.5 Å². The van der Waals surface area contributed by atoms with Crippen molar-refractivity contribution in [2.75, 3.05) is 7.11 Å². The van der Waals surface area contributed by atoms with Gasteiger partial charge in [-0.3, -0.25) is 0 Å². The van der Waals surface area contributed by atoms with Crippen LogP contribution < -0.4 is 15.2 Å². The Bertz CT molecular complexity index is 582. The van der Waals surface area contributed by atoms with E-state index < -0.39 is 0 Å². The highest BCUT2D eigenvalue weighted by atomic mass is 16.5. The van der Waals surface area contributed by atoms with E-state index in [-0.39, 0.29) is 6.04 Å². The van der Waals surface area contributed by atoms with E-state index in [0.29, 0.717) is 12.5 Å². The summed E-state index contributed by atoms with van der Waals surface area (Å²) in [5.41, 5.74) is 9.02. The zero-order valence-electron chi connectivity index (χ0n) is 12.1. The fourth-order valence-corrected chi connectivity index (χ4v) is 2.02. The summed E-state index contributed by atoms with van der Waals surface area (Å²) < 4.78 is 11.1. The second-order valence-corrected chi connectivity index (χ2v) is 4.79. The molecular formula is C16H20N2O2. The highest BCUT2D eigenvalue weighted by Crippen LogP contribution is 2.26. The van der Waals surface area contributed by atoms with Crippen molar-refractivity contribution < 1.29 is 9.47 Å². The van der Waals surface area contributed by atoms with Crippen LogP contribution in [0.25, 0.3) is 0 Å². The summed E-state index contributed by atoms with van der Waals surface area (Å²) in [5, 5.41) is 0. The van der Waals surface area contributed by atoms with E-state index in [2.05, 4.69) is 4.98 Å². The molecule has 0 bridgehead atoms. The van der Waals surface area contributed by atoms with Gasteiger partial charge in [0.05, 0.1) is 12.7 Å². The minimum Gasteiger partial charge on any atom is -0.488 e. The highest BCUT2D eigenvalue weighted by molar-refractivity contribution is 5.39.